The lowest BCUT2D eigenvalue weighted by Gasteiger charge is -2.31. The molecule has 22 heavy (non-hydrogen) atoms. The lowest BCUT2D eigenvalue weighted by atomic mass is 10.1. The standard InChI is InChI=1S/C17H24N2O2S/c20-17(18-6-3-16-14(10-18)5-8-22-16)11-19(15-1-2-15)9-13-4-7-21-12-13/h5,8,13,15H,1-4,6-7,9-12H2/t13-/m1/s1. The van der Waals surface area contributed by atoms with Crippen LogP contribution in [0.25, 0.3) is 0 Å². The summed E-state index contributed by atoms with van der Waals surface area (Å²) in [5.74, 6) is 0.931. The predicted octanol–water partition coefficient (Wildman–Crippen LogP) is 2.13. The van der Waals surface area contributed by atoms with Crippen LogP contribution >= 0.6 is 11.3 Å². The number of carbonyl (C=O) groups is 1. The number of thiophene rings is 1. The normalized spacial score (nSPS) is 24.8. The van der Waals surface area contributed by atoms with E-state index in [1.165, 1.54) is 23.3 Å². The molecular formula is C17H24N2O2S. The van der Waals surface area contributed by atoms with Crippen molar-refractivity contribution in [3.63, 3.8) is 0 Å². The van der Waals surface area contributed by atoms with Crippen LogP contribution in [0.2, 0.25) is 0 Å². The van der Waals surface area contributed by atoms with E-state index in [4.69, 9.17) is 4.74 Å². The lowest BCUT2D eigenvalue weighted by Crippen LogP contribution is -2.44. The first kappa shape index (κ1) is 14.7. The zero-order valence-electron chi connectivity index (χ0n) is 13.0. The minimum Gasteiger partial charge on any atom is -0.381 e. The number of nitrogens with zero attached hydrogens (tertiary/aromatic N) is 2. The van der Waals surface area contributed by atoms with Gasteiger partial charge in [0, 0.05) is 37.2 Å². The van der Waals surface area contributed by atoms with Gasteiger partial charge < -0.3 is 9.64 Å². The van der Waals surface area contributed by atoms with E-state index in [2.05, 4.69) is 21.2 Å². The highest BCUT2D eigenvalue weighted by Crippen LogP contribution is 2.29. The molecule has 4 rings (SSSR count). The first-order chi connectivity index (χ1) is 10.8. The van der Waals surface area contributed by atoms with Crippen molar-refractivity contribution in [2.24, 2.45) is 5.92 Å². The Morgan fingerprint density at radius 3 is 3.09 bits per heavy atom. The van der Waals surface area contributed by atoms with Gasteiger partial charge in [-0.2, -0.15) is 0 Å². The van der Waals surface area contributed by atoms with Crippen molar-refractivity contribution in [1.29, 1.82) is 0 Å². The molecule has 3 heterocycles. The molecule has 0 bridgehead atoms. The molecule has 4 nitrogen and oxygen atoms in total. The van der Waals surface area contributed by atoms with Gasteiger partial charge in [0.15, 0.2) is 0 Å². The van der Waals surface area contributed by atoms with Crippen molar-refractivity contribution < 1.29 is 9.53 Å². The van der Waals surface area contributed by atoms with Crippen molar-refractivity contribution in [2.75, 3.05) is 32.8 Å². The van der Waals surface area contributed by atoms with Crippen LogP contribution in [0.15, 0.2) is 11.4 Å². The van der Waals surface area contributed by atoms with Crippen LogP contribution in [0, 0.1) is 5.92 Å². The molecule has 0 unspecified atom stereocenters. The molecule has 2 aliphatic heterocycles. The largest absolute Gasteiger partial charge is 0.381 e. The van der Waals surface area contributed by atoms with Gasteiger partial charge in [-0.15, -0.1) is 11.3 Å². The molecule has 0 radical (unpaired) electrons. The average Bonchev–Trinajstić information content (AvgIpc) is 3.06. The summed E-state index contributed by atoms with van der Waals surface area (Å²) in [6.45, 7) is 5.10. The van der Waals surface area contributed by atoms with Crippen molar-refractivity contribution in [1.82, 2.24) is 9.80 Å². The number of ether oxygens (including phenoxy) is 1. The molecule has 1 saturated heterocycles. The summed E-state index contributed by atoms with van der Waals surface area (Å²) in [7, 11) is 0. The second-order valence-electron chi connectivity index (χ2n) is 6.82. The molecule has 1 aromatic rings. The number of carbonyl (C=O) groups excluding carboxylic acids is 1. The van der Waals surface area contributed by atoms with Crippen LogP contribution in [0.3, 0.4) is 0 Å². The molecule has 3 aliphatic rings. The molecule has 1 atom stereocenters. The van der Waals surface area contributed by atoms with Gasteiger partial charge >= 0.3 is 0 Å². The van der Waals surface area contributed by atoms with Gasteiger partial charge in [0.2, 0.25) is 5.91 Å². The van der Waals surface area contributed by atoms with E-state index in [1.807, 2.05) is 11.3 Å². The maximum Gasteiger partial charge on any atom is 0.237 e. The number of rotatable bonds is 5. The van der Waals surface area contributed by atoms with Gasteiger partial charge in [-0.25, -0.2) is 0 Å². The fourth-order valence-electron chi connectivity index (χ4n) is 3.58. The monoisotopic (exact) mass is 320 g/mol. The summed E-state index contributed by atoms with van der Waals surface area (Å²) < 4.78 is 5.49. The Labute approximate surface area is 136 Å². The topological polar surface area (TPSA) is 32.8 Å². The Bertz CT molecular complexity index is 535. The van der Waals surface area contributed by atoms with Crippen LogP contribution in [0.4, 0.5) is 0 Å². The maximum atomic E-state index is 12.7. The number of hydrogen-bond acceptors (Lipinski definition) is 4. The van der Waals surface area contributed by atoms with Gasteiger partial charge in [-0.3, -0.25) is 9.69 Å². The highest BCUT2D eigenvalue weighted by atomic mass is 32.1. The zero-order chi connectivity index (χ0) is 14.9. The molecule has 0 spiro atoms. The fourth-order valence-corrected chi connectivity index (χ4v) is 4.47. The van der Waals surface area contributed by atoms with Crippen LogP contribution in [0.5, 0.6) is 0 Å². The third kappa shape index (κ3) is 3.21. The summed E-state index contributed by atoms with van der Waals surface area (Å²) >= 11 is 1.83. The van der Waals surface area contributed by atoms with E-state index >= 15 is 0 Å². The van der Waals surface area contributed by atoms with Crippen molar-refractivity contribution in [3.8, 4) is 0 Å². The second-order valence-corrected chi connectivity index (χ2v) is 7.83. The third-order valence-electron chi connectivity index (χ3n) is 5.08. The summed E-state index contributed by atoms with van der Waals surface area (Å²) in [6, 6.07) is 2.82. The number of hydrogen-bond donors (Lipinski definition) is 0. The van der Waals surface area contributed by atoms with E-state index in [0.717, 1.165) is 45.7 Å². The Morgan fingerprint density at radius 2 is 2.32 bits per heavy atom. The SMILES string of the molecule is O=C(CN(C[C@H]1CCOC1)C1CC1)N1CCc2sccc2C1. The predicted molar refractivity (Wildman–Crippen MR) is 87.0 cm³/mol. The van der Waals surface area contributed by atoms with Gasteiger partial charge in [0.25, 0.3) is 0 Å². The molecule has 120 valence electrons. The fraction of sp³-hybridized carbons (Fsp3) is 0.706. The summed E-state index contributed by atoms with van der Waals surface area (Å²) in [5, 5.41) is 2.15. The van der Waals surface area contributed by atoms with E-state index < -0.39 is 0 Å². The Kier molecular flexibility index (Phi) is 4.20. The summed E-state index contributed by atoms with van der Waals surface area (Å²) in [4.78, 5) is 18.6. The lowest BCUT2D eigenvalue weighted by molar-refractivity contribution is -0.133. The molecular weight excluding hydrogens is 296 g/mol. The average molecular weight is 320 g/mol. The smallest absolute Gasteiger partial charge is 0.237 e. The Balaban J connectivity index is 1.35. The minimum absolute atomic E-state index is 0.308. The Morgan fingerprint density at radius 1 is 1.41 bits per heavy atom. The van der Waals surface area contributed by atoms with Gasteiger partial charge in [0.05, 0.1) is 13.2 Å². The third-order valence-corrected chi connectivity index (χ3v) is 6.10. The van der Waals surface area contributed by atoms with Gasteiger partial charge in [0.1, 0.15) is 0 Å². The van der Waals surface area contributed by atoms with Gasteiger partial charge in [-0.1, -0.05) is 0 Å². The van der Waals surface area contributed by atoms with E-state index in [9.17, 15) is 4.79 Å². The molecule has 1 aliphatic carbocycles. The molecule has 0 aromatic carbocycles. The highest BCUT2D eigenvalue weighted by molar-refractivity contribution is 7.10. The zero-order valence-corrected chi connectivity index (χ0v) is 13.8. The van der Waals surface area contributed by atoms with E-state index in [1.54, 1.807) is 0 Å². The van der Waals surface area contributed by atoms with Crippen molar-refractivity contribution in [2.45, 2.75) is 38.3 Å². The molecule has 0 N–H and O–H groups in total. The quantitative estimate of drug-likeness (QED) is 0.833. The maximum absolute atomic E-state index is 12.7. The van der Waals surface area contributed by atoms with Crippen LogP contribution in [-0.4, -0.2) is 54.6 Å². The number of fused-ring (bicyclic) bond motifs is 1. The van der Waals surface area contributed by atoms with E-state index in [-0.39, 0.29) is 0 Å². The molecule has 2 fully saturated rings. The van der Waals surface area contributed by atoms with Crippen LogP contribution < -0.4 is 0 Å². The molecule has 1 aromatic heterocycles. The minimum atomic E-state index is 0.308. The summed E-state index contributed by atoms with van der Waals surface area (Å²) in [6.07, 6.45) is 4.70. The summed E-state index contributed by atoms with van der Waals surface area (Å²) in [5.41, 5.74) is 1.35. The molecule has 5 heteroatoms. The first-order valence-corrected chi connectivity index (χ1v) is 9.32. The second kappa shape index (κ2) is 6.30. The molecule has 1 saturated carbocycles. The Hall–Kier alpha value is -0.910. The van der Waals surface area contributed by atoms with Crippen LogP contribution in [-0.2, 0) is 22.5 Å². The van der Waals surface area contributed by atoms with Crippen molar-refractivity contribution >= 4 is 17.2 Å². The van der Waals surface area contributed by atoms with E-state index in [0.29, 0.717) is 24.4 Å². The number of amides is 1. The van der Waals surface area contributed by atoms with Gasteiger partial charge in [-0.05, 0) is 48.6 Å². The van der Waals surface area contributed by atoms with Crippen LogP contribution in [0.1, 0.15) is 29.7 Å². The highest BCUT2D eigenvalue weighted by Gasteiger charge is 2.34. The van der Waals surface area contributed by atoms with Crippen molar-refractivity contribution in [3.05, 3.63) is 21.9 Å². The first-order valence-electron chi connectivity index (χ1n) is 8.44. The molecule has 1 amide bonds.